The maximum absolute atomic E-state index is 12.4. The first-order valence-corrected chi connectivity index (χ1v) is 7.98. The van der Waals surface area contributed by atoms with Gasteiger partial charge in [0.25, 0.3) is 0 Å². The number of nitrogens with two attached hydrogens (primary N) is 2. The summed E-state index contributed by atoms with van der Waals surface area (Å²) in [5, 5.41) is 0.670. The van der Waals surface area contributed by atoms with Crippen molar-refractivity contribution in [2.45, 2.75) is 10.6 Å². The molecule has 7 heteroatoms. The van der Waals surface area contributed by atoms with Crippen LogP contribution in [-0.2, 0) is 16.6 Å². The lowest BCUT2D eigenvalue weighted by molar-refractivity contribution is 0.100. The van der Waals surface area contributed by atoms with Crippen LogP contribution in [0.4, 0.5) is 5.69 Å². The van der Waals surface area contributed by atoms with Crippen LogP contribution < -0.4 is 11.5 Å². The fourth-order valence-corrected chi connectivity index (χ4v) is 3.86. The third-order valence-electron chi connectivity index (χ3n) is 2.85. The summed E-state index contributed by atoms with van der Waals surface area (Å²) in [6, 6.07) is 9.56. The highest BCUT2D eigenvalue weighted by Gasteiger charge is 2.15. The number of hydrogen-bond acceptors (Lipinski definition) is 3. The van der Waals surface area contributed by atoms with Crippen molar-refractivity contribution in [3.8, 4) is 0 Å². The molecule has 21 heavy (non-hydrogen) atoms. The molecule has 0 bridgehead atoms. The Morgan fingerprint density at radius 2 is 1.86 bits per heavy atom. The minimum absolute atomic E-state index is 0.145. The van der Waals surface area contributed by atoms with Gasteiger partial charge in [-0.3, -0.25) is 9.00 Å². The van der Waals surface area contributed by atoms with E-state index < -0.39 is 16.7 Å². The number of anilines is 1. The standard InChI is InChI=1S/C14H12Cl2N2O2S/c15-10-2-1-3-12(17)13(10)21(20)7-9-5-4-8(14(18)19)6-11(9)16/h1-6H,7,17H2,(H2,18,19). The van der Waals surface area contributed by atoms with Crippen LogP contribution in [0.15, 0.2) is 41.3 Å². The number of rotatable bonds is 4. The van der Waals surface area contributed by atoms with Gasteiger partial charge in [0, 0.05) is 16.3 Å². The molecule has 1 amide bonds. The topological polar surface area (TPSA) is 86.2 Å². The number of primary amides is 1. The molecular weight excluding hydrogens is 331 g/mol. The van der Waals surface area contributed by atoms with Crippen LogP contribution >= 0.6 is 23.2 Å². The summed E-state index contributed by atoms with van der Waals surface area (Å²) < 4.78 is 12.4. The molecule has 2 aromatic carbocycles. The zero-order valence-corrected chi connectivity index (χ0v) is 13.1. The number of amides is 1. The van der Waals surface area contributed by atoms with E-state index in [1.54, 1.807) is 24.3 Å². The second kappa shape index (κ2) is 6.47. The lowest BCUT2D eigenvalue weighted by atomic mass is 10.1. The maximum Gasteiger partial charge on any atom is 0.248 e. The molecule has 0 saturated carbocycles. The van der Waals surface area contributed by atoms with Gasteiger partial charge in [-0.05, 0) is 29.8 Å². The molecular formula is C14H12Cl2N2O2S. The molecule has 0 heterocycles. The van der Waals surface area contributed by atoms with Crippen LogP contribution in [-0.4, -0.2) is 10.1 Å². The summed E-state index contributed by atoms with van der Waals surface area (Å²) in [7, 11) is -1.44. The van der Waals surface area contributed by atoms with Crippen molar-refractivity contribution in [2.75, 3.05) is 5.73 Å². The lowest BCUT2D eigenvalue weighted by Crippen LogP contribution is -2.11. The van der Waals surface area contributed by atoms with Crippen molar-refractivity contribution in [2.24, 2.45) is 5.73 Å². The Morgan fingerprint density at radius 3 is 2.43 bits per heavy atom. The summed E-state index contributed by atoms with van der Waals surface area (Å²) in [5.41, 5.74) is 12.3. The highest BCUT2D eigenvalue weighted by molar-refractivity contribution is 7.84. The van der Waals surface area contributed by atoms with Crippen LogP contribution in [0.2, 0.25) is 10.0 Å². The van der Waals surface area contributed by atoms with E-state index in [-0.39, 0.29) is 5.75 Å². The average molecular weight is 343 g/mol. The molecule has 0 aliphatic carbocycles. The summed E-state index contributed by atoms with van der Waals surface area (Å²) in [6.07, 6.45) is 0. The van der Waals surface area contributed by atoms with Crippen LogP contribution in [0.1, 0.15) is 15.9 Å². The summed E-state index contributed by atoms with van der Waals surface area (Å²) >= 11 is 12.1. The Balaban J connectivity index is 2.30. The summed E-state index contributed by atoms with van der Waals surface area (Å²) in [6.45, 7) is 0. The molecule has 0 radical (unpaired) electrons. The fourth-order valence-electron chi connectivity index (χ4n) is 1.80. The van der Waals surface area contributed by atoms with Gasteiger partial charge in [0.05, 0.1) is 26.5 Å². The molecule has 0 aromatic heterocycles. The number of benzene rings is 2. The first kappa shape index (κ1) is 15.8. The van der Waals surface area contributed by atoms with Gasteiger partial charge in [0.1, 0.15) is 0 Å². The molecule has 110 valence electrons. The third kappa shape index (κ3) is 3.56. The Labute approximate surface area is 134 Å². The van der Waals surface area contributed by atoms with Crippen LogP contribution in [0, 0.1) is 0 Å². The zero-order chi connectivity index (χ0) is 15.6. The SMILES string of the molecule is NC(=O)c1ccc(CS(=O)c2c(N)cccc2Cl)c(Cl)c1. The molecule has 0 aliphatic heterocycles. The first-order valence-electron chi connectivity index (χ1n) is 5.90. The highest BCUT2D eigenvalue weighted by atomic mass is 35.5. The van der Waals surface area contributed by atoms with E-state index in [1.807, 2.05) is 0 Å². The Morgan fingerprint density at radius 1 is 1.14 bits per heavy atom. The van der Waals surface area contributed by atoms with E-state index in [2.05, 4.69) is 0 Å². The molecule has 0 aliphatic rings. The van der Waals surface area contributed by atoms with E-state index in [0.717, 1.165) is 0 Å². The van der Waals surface area contributed by atoms with E-state index in [1.165, 1.54) is 12.1 Å². The molecule has 2 aromatic rings. The van der Waals surface area contributed by atoms with Crippen molar-refractivity contribution < 1.29 is 9.00 Å². The van der Waals surface area contributed by atoms with Gasteiger partial charge in [-0.25, -0.2) is 0 Å². The highest BCUT2D eigenvalue weighted by Crippen LogP contribution is 2.29. The van der Waals surface area contributed by atoms with Crippen LogP contribution in [0.3, 0.4) is 0 Å². The van der Waals surface area contributed by atoms with Crippen molar-refractivity contribution in [3.05, 3.63) is 57.6 Å². The molecule has 0 fully saturated rings. The maximum atomic E-state index is 12.4. The normalized spacial score (nSPS) is 12.1. The third-order valence-corrected chi connectivity index (χ3v) is 5.11. The number of nitrogen functional groups attached to an aromatic ring is 1. The van der Waals surface area contributed by atoms with Crippen molar-refractivity contribution >= 4 is 45.6 Å². The van der Waals surface area contributed by atoms with Gasteiger partial charge in [0.2, 0.25) is 5.91 Å². The number of hydrogen-bond donors (Lipinski definition) is 2. The minimum Gasteiger partial charge on any atom is -0.398 e. The van der Waals surface area contributed by atoms with E-state index >= 15 is 0 Å². The van der Waals surface area contributed by atoms with Crippen molar-refractivity contribution in [3.63, 3.8) is 0 Å². The minimum atomic E-state index is -1.44. The van der Waals surface area contributed by atoms with Crippen LogP contribution in [0.5, 0.6) is 0 Å². The molecule has 2 rings (SSSR count). The van der Waals surface area contributed by atoms with Gasteiger partial charge in [-0.2, -0.15) is 0 Å². The second-order valence-corrected chi connectivity index (χ2v) is 6.52. The molecule has 1 unspecified atom stereocenters. The molecule has 4 N–H and O–H groups in total. The first-order chi connectivity index (χ1) is 9.90. The Hall–Kier alpha value is -1.56. The van der Waals surface area contributed by atoms with Gasteiger partial charge in [-0.1, -0.05) is 35.3 Å². The number of carbonyl (C=O) groups excluding carboxylic acids is 1. The van der Waals surface area contributed by atoms with Crippen LogP contribution in [0.25, 0.3) is 0 Å². The van der Waals surface area contributed by atoms with Gasteiger partial charge in [0.15, 0.2) is 0 Å². The number of carbonyl (C=O) groups is 1. The largest absolute Gasteiger partial charge is 0.398 e. The Kier molecular flexibility index (Phi) is 4.88. The van der Waals surface area contributed by atoms with Crippen molar-refractivity contribution in [1.82, 2.24) is 0 Å². The molecule has 0 saturated heterocycles. The molecule has 0 spiro atoms. The van der Waals surface area contributed by atoms with Gasteiger partial charge < -0.3 is 11.5 Å². The lowest BCUT2D eigenvalue weighted by Gasteiger charge is -2.09. The molecule has 1 atom stereocenters. The van der Waals surface area contributed by atoms with E-state index in [0.29, 0.717) is 31.8 Å². The monoisotopic (exact) mass is 342 g/mol. The fraction of sp³-hybridized carbons (Fsp3) is 0.0714. The van der Waals surface area contributed by atoms with E-state index in [4.69, 9.17) is 34.7 Å². The zero-order valence-electron chi connectivity index (χ0n) is 10.8. The summed E-state index contributed by atoms with van der Waals surface area (Å²) in [5.74, 6) is -0.425. The Bertz CT molecular complexity index is 715. The quantitative estimate of drug-likeness (QED) is 0.837. The van der Waals surface area contributed by atoms with Gasteiger partial charge >= 0.3 is 0 Å². The summed E-state index contributed by atoms with van der Waals surface area (Å²) in [4.78, 5) is 11.5. The average Bonchev–Trinajstić information content (AvgIpc) is 2.40. The predicted octanol–water partition coefficient (Wildman–Crippen LogP) is 2.98. The molecule has 4 nitrogen and oxygen atoms in total. The second-order valence-electron chi connectivity index (χ2n) is 4.32. The smallest absolute Gasteiger partial charge is 0.248 e. The predicted molar refractivity (Wildman–Crippen MR) is 85.9 cm³/mol. The van der Waals surface area contributed by atoms with E-state index in [9.17, 15) is 9.00 Å². The number of halogens is 2. The van der Waals surface area contributed by atoms with Gasteiger partial charge in [-0.15, -0.1) is 0 Å². The van der Waals surface area contributed by atoms with Crippen molar-refractivity contribution in [1.29, 1.82) is 0 Å².